The fourth-order valence-corrected chi connectivity index (χ4v) is 7.38. The lowest BCUT2D eigenvalue weighted by Crippen LogP contribution is -2.07. The van der Waals surface area contributed by atoms with Gasteiger partial charge in [-0.1, -0.05) is 109 Å². The van der Waals surface area contributed by atoms with Gasteiger partial charge in [-0.05, 0) is 105 Å². The number of carboxylic acids is 1. The Morgan fingerprint density at radius 2 is 1.42 bits per heavy atom. The van der Waals surface area contributed by atoms with Gasteiger partial charge in [0.25, 0.3) is 0 Å². The van der Waals surface area contributed by atoms with Crippen LogP contribution in [-0.2, 0) is 36.8 Å². The zero-order valence-electron chi connectivity index (χ0n) is 28.8. The third-order valence-electron chi connectivity index (χ3n) is 9.98. The Labute approximate surface area is 305 Å². The third-order valence-corrected chi connectivity index (χ3v) is 9.98. The highest BCUT2D eigenvalue weighted by atomic mass is 19.4. The fraction of sp³-hybridized carbons (Fsp3) is 0.130. The molecule has 4 nitrogen and oxygen atoms in total. The molecular formula is C46H35F3N2O2. The van der Waals surface area contributed by atoms with E-state index >= 15 is 0 Å². The summed E-state index contributed by atoms with van der Waals surface area (Å²) < 4.78 is 43.9. The van der Waals surface area contributed by atoms with Crippen molar-refractivity contribution in [3.05, 3.63) is 178 Å². The molecule has 1 aromatic heterocycles. The minimum atomic E-state index is -4.59. The molecule has 0 radical (unpaired) electrons. The zero-order valence-corrected chi connectivity index (χ0v) is 28.8. The summed E-state index contributed by atoms with van der Waals surface area (Å²) in [5.41, 5.74) is 11.4. The maximum Gasteiger partial charge on any atom is 0.418 e. The Morgan fingerprint density at radius 1 is 0.679 bits per heavy atom. The SMILES string of the molecule is O=C(O)CCc1ccc(CNc2cccc(-c3cc(-c4cc(Cc5ccccc5)cc5c4Cc4ccccc4-5)nc4c(C(F)(F)F)cccc34)c2)cc1. The van der Waals surface area contributed by atoms with E-state index in [2.05, 4.69) is 41.7 Å². The van der Waals surface area contributed by atoms with Crippen LogP contribution in [0, 0.1) is 0 Å². The van der Waals surface area contributed by atoms with E-state index in [4.69, 9.17) is 10.1 Å². The van der Waals surface area contributed by atoms with Gasteiger partial charge in [0.05, 0.1) is 16.8 Å². The van der Waals surface area contributed by atoms with Crippen molar-refractivity contribution >= 4 is 22.6 Å². The number of fused-ring (bicyclic) bond motifs is 4. The number of halogens is 3. The fourth-order valence-electron chi connectivity index (χ4n) is 7.38. The lowest BCUT2D eigenvalue weighted by molar-refractivity contribution is -0.137. The molecule has 0 fully saturated rings. The van der Waals surface area contributed by atoms with Crippen molar-refractivity contribution in [2.75, 3.05) is 5.32 Å². The monoisotopic (exact) mass is 704 g/mol. The molecule has 8 rings (SSSR count). The van der Waals surface area contributed by atoms with Crippen LogP contribution in [0.1, 0.15) is 45.4 Å². The molecule has 6 aromatic carbocycles. The van der Waals surface area contributed by atoms with Gasteiger partial charge in [-0.3, -0.25) is 4.79 Å². The summed E-state index contributed by atoms with van der Waals surface area (Å²) in [5.74, 6) is -0.828. The Hall–Kier alpha value is -6.21. The molecule has 7 aromatic rings. The van der Waals surface area contributed by atoms with Gasteiger partial charge in [0.2, 0.25) is 0 Å². The number of nitrogens with one attached hydrogen (secondary N) is 1. The van der Waals surface area contributed by atoms with Crippen LogP contribution in [0.5, 0.6) is 0 Å². The average molecular weight is 705 g/mol. The Bertz CT molecular complexity index is 2470. The van der Waals surface area contributed by atoms with E-state index in [9.17, 15) is 18.0 Å². The van der Waals surface area contributed by atoms with Crippen molar-refractivity contribution in [2.45, 2.75) is 38.4 Å². The van der Waals surface area contributed by atoms with Crippen LogP contribution in [0.15, 0.2) is 140 Å². The Kier molecular flexibility index (Phi) is 9.00. The highest BCUT2D eigenvalue weighted by molar-refractivity contribution is 5.99. The second kappa shape index (κ2) is 14.1. The van der Waals surface area contributed by atoms with E-state index in [-0.39, 0.29) is 11.9 Å². The number of aliphatic carboxylic acids is 1. The molecule has 0 saturated carbocycles. The number of benzene rings is 6. The van der Waals surface area contributed by atoms with Crippen LogP contribution in [-0.4, -0.2) is 16.1 Å². The van der Waals surface area contributed by atoms with Crippen LogP contribution >= 0.6 is 0 Å². The highest BCUT2D eigenvalue weighted by Crippen LogP contribution is 2.45. The predicted molar refractivity (Wildman–Crippen MR) is 205 cm³/mol. The molecule has 53 heavy (non-hydrogen) atoms. The molecule has 1 aliphatic carbocycles. The van der Waals surface area contributed by atoms with Gasteiger partial charge >= 0.3 is 12.1 Å². The predicted octanol–water partition coefficient (Wildman–Crippen LogP) is 11.4. The summed E-state index contributed by atoms with van der Waals surface area (Å²) in [6, 6.07) is 44.6. The maximum absolute atomic E-state index is 14.6. The van der Waals surface area contributed by atoms with Gasteiger partial charge in [0.1, 0.15) is 0 Å². The number of hydrogen-bond acceptors (Lipinski definition) is 3. The van der Waals surface area contributed by atoms with Crippen LogP contribution in [0.3, 0.4) is 0 Å². The van der Waals surface area contributed by atoms with Crippen LogP contribution in [0.2, 0.25) is 0 Å². The number of pyridine rings is 1. The number of nitrogens with zero attached hydrogens (tertiary/aromatic N) is 1. The van der Waals surface area contributed by atoms with E-state index in [0.29, 0.717) is 42.5 Å². The van der Waals surface area contributed by atoms with Crippen LogP contribution < -0.4 is 5.32 Å². The number of para-hydroxylation sites is 1. The van der Waals surface area contributed by atoms with Gasteiger partial charge in [-0.2, -0.15) is 13.2 Å². The van der Waals surface area contributed by atoms with Crippen molar-refractivity contribution in [1.82, 2.24) is 4.98 Å². The topological polar surface area (TPSA) is 62.2 Å². The molecule has 0 amide bonds. The van der Waals surface area contributed by atoms with E-state index in [1.165, 1.54) is 11.6 Å². The molecule has 0 spiro atoms. The van der Waals surface area contributed by atoms with Crippen LogP contribution in [0.4, 0.5) is 18.9 Å². The summed E-state index contributed by atoms with van der Waals surface area (Å²) in [4.78, 5) is 15.8. The number of carbonyl (C=O) groups is 1. The summed E-state index contributed by atoms with van der Waals surface area (Å²) in [5, 5.41) is 12.9. The van der Waals surface area contributed by atoms with Gasteiger partial charge in [0.15, 0.2) is 0 Å². The standard InChI is InChI=1S/C46H35F3N2O2/c47-46(48,49)42-15-7-14-37-38(33-11-6-12-35(25-33)50-28-31-18-16-29(17-19-31)20-21-44(52)53)27-43(51-45(37)42)41-24-32(22-30-8-2-1-3-9-30)23-39-36-13-5-4-10-34(36)26-40(39)41/h1-19,23-25,27,50H,20-22,26,28H2,(H,52,53). The van der Waals surface area contributed by atoms with E-state index in [1.807, 2.05) is 84.9 Å². The van der Waals surface area contributed by atoms with Gasteiger partial charge in [-0.15, -0.1) is 0 Å². The first-order valence-electron chi connectivity index (χ1n) is 17.6. The molecule has 0 saturated heterocycles. The molecule has 0 atom stereocenters. The molecule has 262 valence electrons. The number of hydrogen-bond donors (Lipinski definition) is 2. The maximum atomic E-state index is 14.6. The summed E-state index contributed by atoms with van der Waals surface area (Å²) in [7, 11) is 0. The van der Waals surface area contributed by atoms with Crippen molar-refractivity contribution in [1.29, 1.82) is 0 Å². The van der Waals surface area contributed by atoms with Crippen LogP contribution in [0.25, 0.3) is 44.4 Å². The number of alkyl halides is 3. The van der Waals surface area contributed by atoms with Crippen molar-refractivity contribution < 1.29 is 23.1 Å². The van der Waals surface area contributed by atoms with E-state index in [1.54, 1.807) is 6.07 Å². The Morgan fingerprint density at radius 3 is 2.21 bits per heavy atom. The minimum Gasteiger partial charge on any atom is -0.481 e. The van der Waals surface area contributed by atoms with E-state index in [0.717, 1.165) is 61.8 Å². The van der Waals surface area contributed by atoms with E-state index < -0.39 is 17.7 Å². The molecule has 0 bridgehead atoms. The number of anilines is 1. The number of rotatable bonds is 10. The highest BCUT2D eigenvalue weighted by Gasteiger charge is 2.34. The summed E-state index contributed by atoms with van der Waals surface area (Å²) >= 11 is 0. The van der Waals surface area contributed by atoms with Gasteiger partial charge in [0, 0.05) is 29.6 Å². The lowest BCUT2D eigenvalue weighted by atomic mass is 9.91. The van der Waals surface area contributed by atoms with Crippen molar-refractivity contribution in [3.63, 3.8) is 0 Å². The second-order valence-electron chi connectivity index (χ2n) is 13.6. The quantitative estimate of drug-likeness (QED) is 0.149. The van der Waals surface area contributed by atoms with Crippen molar-refractivity contribution in [2.24, 2.45) is 0 Å². The minimum absolute atomic E-state index is 0.0772. The summed E-state index contributed by atoms with van der Waals surface area (Å²) in [6.45, 7) is 0.518. The smallest absolute Gasteiger partial charge is 0.418 e. The second-order valence-corrected chi connectivity index (χ2v) is 13.6. The first kappa shape index (κ1) is 33.9. The molecule has 1 aliphatic rings. The molecule has 0 unspecified atom stereocenters. The lowest BCUT2D eigenvalue weighted by Gasteiger charge is -2.18. The first-order chi connectivity index (χ1) is 25.7. The largest absolute Gasteiger partial charge is 0.481 e. The number of carboxylic acid groups (broad SMARTS) is 1. The number of aryl methyl sites for hydroxylation is 1. The summed E-state index contributed by atoms with van der Waals surface area (Å²) in [6.07, 6.45) is -2.70. The van der Waals surface area contributed by atoms with Crippen molar-refractivity contribution in [3.8, 4) is 33.5 Å². The molecule has 0 aliphatic heterocycles. The normalized spacial score (nSPS) is 12.1. The third kappa shape index (κ3) is 7.15. The van der Waals surface area contributed by atoms with Gasteiger partial charge in [-0.25, -0.2) is 4.98 Å². The van der Waals surface area contributed by atoms with Gasteiger partial charge < -0.3 is 10.4 Å². The number of aromatic nitrogens is 1. The average Bonchev–Trinajstić information content (AvgIpc) is 3.54. The molecule has 2 N–H and O–H groups in total. The Balaban J connectivity index is 1.23. The zero-order chi connectivity index (χ0) is 36.5. The molecule has 1 heterocycles. The molecule has 7 heteroatoms. The first-order valence-corrected chi connectivity index (χ1v) is 17.6. The molecular weight excluding hydrogens is 670 g/mol.